The smallest absolute Gasteiger partial charge is 0.252 e. The zero-order valence-corrected chi connectivity index (χ0v) is 18.9. The van der Waals surface area contributed by atoms with Crippen LogP contribution in [0.2, 0.25) is 0 Å². The van der Waals surface area contributed by atoms with Gasteiger partial charge in [0.2, 0.25) is 0 Å². The molecule has 8 nitrogen and oxygen atoms in total. The summed E-state index contributed by atoms with van der Waals surface area (Å²) in [6.45, 7) is 2.19. The van der Waals surface area contributed by atoms with E-state index in [2.05, 4.69) is 15.4 Å². The van der Waals surface area contributed by atoms with Gasteiger partial charge in [-0.2, -0.15) is 5.10 Å². The SMILES string of the molecule is Cc1nn([C@H]2CCS(=O)(=O)C2)c2nc(-c3ccccc3)cc(C(=O)NCc3ccncc3)c12. The van der Waals surface area contributed by atoms with E-state index in [0.717, 1.165) is 11.1 Å². The second-order valence-electron chi connectivity index (χ2n) is 8.24. The molecule has 0 saturated carbocycles. The molecule has 1 atom stereocenters. The molecule has 168 valence electrons. The predicted molar refractivity (Wildman–Crippen MR) is 125 cm³/mol. The van der Waals surface area contributed by atoms with Crippen molar-refractivity contribution in [2.75, 3.05) is 11.5 Å². The highest BCUT2D eigenvalue weighted by Gasteiger charge is 2.32. The molecule has 1 saturated heterocycles. The van der Waals surface area contributed by atoms with Gasteiger partial charge in [0, 0.05) is 24.5 Å². The van der Waals surface area contributed by atoms with Crippen molar-refractivity contribution in [2.24, 2.45) is 0 Å². The van der Waals surface area contributed by atoms with Gasteiger partial charge in [0.05, 0.1) is 39.9 Å². The van der Waals surface area contributed by atoms with Crippen molar-refractivity contribution in [3.63, 3.8) is 0 Å². The summed E-state index contributed by atoms with van der Waals surface area (Å²) in [6.07, 6.45) is 3.85. The summed E-state index contributed by atoms with van der Waals surface area (Å²) in [4.78, 5) is 22.2. The molecule has 5 rings (SSSR count). The first-order valence-corrected chi connectivity index (χ1v) is 12.6. The van der Waals surface area contributed by atoms with E-state index in [4.69, 9.17) is 4.98 Å². The molecular weight excluding hydrogens is 438 g/mol. The number of fused-ring (bicyclic) bond motifs is 1. The van der Waals surface area contributed by atoms with E-state index in [-0.39, 0.29) is 23.5 Å². The molecule has 0 radical (unpaired) electrons. The second kappa shape index (κ2) is 8.40. The topological polar surface area (TPSA) is 107 Å². The van der Waals surface area contributed by atoms with Crippen LogP contribution in [0.5, 0.6) is 0 Å². The molecule has 3 aromatic heterocycles. The Morgan fingerprint density at radius 1 is 1.15 bits per heavy atom. The number of carbonyl (C=O) groups excluding carboxylic acids is 1. The van der Waals surface area contributed by atoms with E-state index in [0.29, 0.717) is 41.0 Å². The predicted octanol–water partition coefficient (Wildman–Crippen LogP) is 3.09. The lowest BCUT2D eigenvalue weighted by Crippen LogP contribution is -2.23. The van der Waals surface area contributed by atoms with Gasteiger partial charge in [-0.25, -0.2) is 18.1 Å². The van der Waals surface area contributed by atoms with Gasteiger partial charge in [-0.1, -0.05) is 30.3 Å². The van der Waals surface area contributed by atoms with Gasteiger partial charge < -0.3 is 5.32 Å². The second-order valence-corrected chi connectivity index (χ2v) is 10.5. The Hall–Kier alpha value is -3.59. The number of rotatable bonds is 5. The molecule has 4 heterocycles. The lowest BCUT2D eigenvalue weighted by atomic mass is 10.0. The minimum absolute atomic E-state index is 0.0318. The first-order valence-electron chi connectivity index (χ1n) is 10.7. The number of carbonyl (C=O) groups is 1. The number of benzene rings is 1. The Morgan fingerprint density at radius 2 is 1.91 bits per heavy atom. The molecular formula is C24H23N5O3S. The molecule has 33 heavy (non-hydrogen) atoms. The van der Waals surface area contributed by atoms with Crippen molar-refractivity contribution in [2.45, 2.75) is 25.9 Å². The highest BCUT2D eigenvalue weighted by Crippen LogP contribution is 2.32. The maximum atomic E-state index is 13.3. The highest BCUT2D eigenvalue weighted by atomic mass is 32.2. The Kier molecular flexibility index (Phi) is 5.41. The molecule has 0 unspecified atom stereocenters. The molecule has 1 aliphatic rings. The fourth-order valence-electron chi connectivity index (χ4n) is 4.25. The number of aromatic nitrogens is 4. The molecule has 1 aromatic carbocycles. The van der Waals surface area contributed by atoms with Crippen molar-refractivity contribution in [3.8, 4) is 11.3 Å². The number of aryl methyl sites for hydroxylation is 1. The Bertz CT molecular complexity index is 1430. The van der Waals surface area contributed by atoms with Gasteiger partial charge in [0.1, 0.15) is 0 Å². The number of amides is 1. The summed E-state index contributed by atoms with van der Waals surface area (Å²) in [5.74, 6) is -0.0715. The number of nitrogens with zero attached hydrogens (tertiary/aromatic N) is 4. The van der Waals surface area contributed by atoms with Crippen LogP contribution in [0, 0.1) is 6.92 Å². The number of hydrogen-bond acceptors (Lipinski definition) is 6. The first kappa shape index (κ1) is 21.3. The molecule has 0 bridgehead atoms. The normalized spacial score (nSPS) is 17.3. The number of pyridine rings is 2. The lowest BCUT2D eigenvalue weighted by Gasteiger charge is -2.12. The summed E-state index contributed by atoms with van der Waals surface area (Å²) in [7, 11) is -3.10. The largest absolute Gasteiger partial charge is 0.348 e. The van der Waals surface area contributed by atoms with Gasteiger partial charge >= 0.3 is 0 Å². The van der Waals surface area contributed by atoms with Gasteiger partial charge in [0.25, 0.3) is 5.91 Å². The van der Waals surface area contributed by atoms with E-state index < -0.39 is 9.84 Å². The van der Waals surface area contributed by atoms with Crippen LogP contribution in [0.3, 0.4) is 0 Å². The molecule has 0 spiro atoms. The molecule has 1 amide bonds. The summed E-state index contributed by atoms with van der Waals surface area (Å²) < 4.78 is 25.9. The quantitative estimate of drug-likeness (QED) is 0.489. The zero-order valence-electron chi connectivity index (χ0n) is 18.1. The fraction of sp³-hybridized carbons (Fsp3) is 0.250. The number of nitrogens with one attached hydrogen (secondary N) is 1. The van der Waals surface area contributed by atoms with Crippen LogP contribution in [-0.2, 0) is 16.4 Å². The van der Waals surface area contributed by atoms with Gasteiger partial charge in [-0.05, 0) is 37.1 Å². The molecule has 0 aliphatic carbocycles. The summed E-state index contributed by atoms with van der Waals surface area (Å²) in [5.41, 5.74) is 4.10. The summed E-state index contributed by atoms with van der Waals surface area (Å²) >= 11 is 0. The molecule has 1 fully saturated rings. The van der Waals surface area contributed by atoms with Crippen LogP contribution in [-0.4, -0.2) is 45.6 Å². The molecule has 9 heteroatoms. The molecule has 1 N–H and O–H groups in total. The monoisotopic (exact) mass is 461 g/mol. The van der Waals surface area contributed by atoms with Crippen LogP contribution < -0.4 is 5.32 Å². The Balaban J connectivity index is 1.61. The van der Waals surface area contributed by atoms with Crippen LogP contribution in [0.4, 0.5) is 0 Å². The van der Waals surface area contributed by atoms with Crippen molar-refractivity contribution in [1.82, 2.24) is 25.1 Å². The van der Waals surface area contributed by atoms with Gasteiger partial charge in [-0.3, -0.25) is 9.78 Å². The first-order chi connectivity index (χ1) is 15.9. The van der Waals surface area contributed by atoms with Gasteiger partial charge in [-0.15, -0.1) is 0 Å². The van der Waals surface area contributed by atoms with E-state index in [1.54, 1.807) is 23.1 Å². The van der Waals surface area contributed by atoms with E-state index in [1.807, 2.05) is 49.4 Å². The Labute approximate surface area is 191 Å². The van der Waals surface area contributed by atoms with Crippen LogP contribution in [0.25, 0.3) is 22.3 Å². The van der Waals surface area contributed by atoms with E-state index >= 15 is 0 Å². The molecule has 1 aliphatic heterocycles. The van der Waals surface area contributed by atoms with Crippen molar-refractivity contribution in [1.29, 1.82) is 0 Å². The number of sulfone groups is 1. The number of hydrogen-bond donors (Lipinski definition) is 1. The third-order valence-corrected chi connectivity index (χ3v) is 7.66. The van der Waals surface area contributed by atoms with Gasteiger partial charge in [0.15, 0.2) is 15.5 Å². The minimum atomic E-state index is -3.10. The summed E-state index contributed by atoms with van der Waals surface area (Å²) in [5, 5.41) is 8.26. The highest BCUT2D eigenvalue weighted by molar-refractivity contribution is 7.91. The van der Waals surface area contributed by atoms with E-state index in [9.17, 15) is 13.2 Å². The maximum Gasteiger partial charge on any atom is 0.252 e. The van der Waals surface area contributed by atoms with Crippen LogP contribution >= 0.6 is 0 Å². The molecule has 4 aromatic rings. The van der Waals surface area contributed by atoms with Crippen LogP contribution in [0.15, 0.2) is 60.9 Å². The van der Waals surface area contributed by atoms with Crippen molar-refractivity contribution >= 4 is 26.8 Å². The van der Waals surface area contributed by atoms with Crippen LogP contribution in [0.1, 0.15) is 34.1 Å². The van der Waals surface area contributed by atoms with Crippen molar-refractivity contribution in [3.05, 3.63) is 77.7 Å². The van der Waals surface area contributed by atoms with E-state index in [1.165, 1.54) is 0 Å². The standard InChI is InChI=1S/C24H23N5O3S/c1-16-22-20(24(30)26-14-17-7-10-25-11-8-17)13-21(18-5-3-2-4-6-18)27-23(22)29(28-16)19-9-12-33(31,32)15-19/h2-8,10-11,13,19H,9,12,14-15H2,1H3,(H,26,30)/t19-/m0/s1. The third-order valence-electron chi connectivity index (χ3n) is 5.91. The Morgan fingerprint density at radius 3 is 2.61 bits per heavy atom. The fourth-order valence-corrected chi connectivity index (χ4v) is 5.94. The lowest BCUT2D eigenvalue weighted by molar-refractivity contribution is 0.0952. The zero-order chi connectivity index (χ0) is 23.0. The summed E-state index contributed by atoms with van der Waals surface area (Å²) in [6, 6.07) is 14.8. The minimum Gasteiger partial charge on any atom is -0.348 e. The maximum absolute atomic E-state index is 13.3. The average molecular weight is 462 g/mol. The average Bonchev–Trinajstić information content (AvgIpc) is 3.36. The van der Waals surface area contributed by atoms with Crippen molar-refractivity contribution < 1.29 is 13.2 Å². The third kappa shape index (κ3) is 4.23.